The molecule has 1 aliphatic heterocycles. The predicted octanol–water partition coefficient (Wildman–Crippen LogP) is 4.28. The minimum Gasteiger partial charge on any atom is -0.481 e. The summed E-state index contributed by atoms with van der Waals surface area (Å²) in [7, 11) is 3.08. The van der Waals surface area contributed by atoms with E-state index in [9.17, 15) is 14.7 Å². The molecule has 4 aromatic rings. The van der Waals surface area contributed by atoms with Gasteiger partial charge in [0.1, 0.15) is 5.56 Å². The third-order valence-corrected chi connectivity index (χ3v) is 8.17. The smallest absolute Gasteiger partial charge is 0.279 e. The Morgan fingerprint density at radius 2 is 1.91 bits per heavy atom. The van der Waals surface area contributed by atoms with Crippen molar-refractivity contribution in [2.45, 2.75) is 39.0 Å². The number of carbonyl (C=O) groups excluding carboxylic acids is 1. The van der Waals surface area contributed by atoms with E-state index in [-0.39, 0.29) is 11.6 Å². The van der Waals surface area contributed by atoms with Gasteiger partial charge < -0.3 is 25.2 Å². The normalized spacial score (nSPS) is 16.6. The summed E-state index contributed by atoms with van der Waals surface area (Å²) in [6.45, 7) is 5.30. The van der Waals surface area contributed by atoms with Crippen LogP contribution < -0.4 is 20.9 Å². The number of hydrogen-bond acceptors (Lipinski definition) is 8. The first-order valence-corrected chi connectivity index (χ1v) is 14.3. The molecule has 0 saturated carbocycles. The van der Waals surface area contributed by atoms with E-state index in [0.29, 0.717) is 42.0 Å². The summed E-state index contributed by atoms with van der Waals surface area (Å²) in [6.07, 6.45) is 1.57. The number of rotatable bonds is 8. The summed E-state index contributed by atoms with van der Waals surface area (Å²) in [5.41, 5.74) is 5.73. The number of amides is 1. The molecular weight excluding hydrogens is 570 g/mol. The molecule has 5 rings (SSSR count). The van der Waals surface area contributed by atoms with Crippen LogP contribution in [-0.2, 0) is 18.3 Å². The number of benzene rings is 2. The maximum absolute atomic E-state index is 12.9. The SMILES string of the molecule is COc1nc(-c2cccc(-c3cccc(NC(=O)c4ccnn(C)c4=O)c3C)c2Cl)cc(C)c1CNC1CCOC[C@@H]1O. The molecule has 1 saturated heterocycles. The number of aliphatic hydroxyl groups is 1. The number of aryl methyl sites for hydroxylation is 2. The Morgan fingerprint density at radius 3 is 2.67 bits per heavy atom. The quantitative estimate of drug-likeness (QED) is 0.272. The number of aliphatic hydroxyl groups excluding tert-OH is 1. The van der Waals surface area contributed by atoms with Crippen LogP contribution in [-0.4, -0.2) is 58.2 Å². The number of nitrogens with one attached hydrogen (secondary N) is 2. The second-order valence-corrected chi connectivity index (χ2v) is 10.9. The zero-order chi connectivity index (χ0) is 30.7. The molecule has 1 fully saturated rings. The van der Waals surface area contributed by atoms with Crippen molar-refractivity contribution >= 4 is 23.2 Å². The Hall–Kier alpha value is -4.09. The van der Waals surface area contributed by atoms with Gasteiger partial charge in [-0.3, -0.25) is 9.59 Å². The zero-order valence-electron chi connectivity index (χ0n) is 24.5. The summed E-state index contributed by atoms with van der Waals surface area (Å²) < 4.78 is 12.1. The van der Waals surface area contributed by atoms with Crippen molar-refractivity contribution in [1.29, 1.82) is 0 Å². The van der Waals surface area contributed by atoms with Crippen molar-refractivity contribution in [2.24, 2.45) is 7.05 Å². The predicted molar refractivity (Wildman–Crippen MR) is 166 cm³/mol. The van der Waals surface area contributed by atoms with Gasteiger partial charge in [0.25, 0.3) is 11.5 Å². The van der Waals surface area contributed by atoms with E-state index in [1.54, 1.807) is 13.2 Å². The summed E-state index contributed by atoms with van der Waals surface area (Å²) >= 11 is 7.04. The maximum Gasteiger partial charge on any atom is 0.279 e. The molecule has 11 heteroatoms. The number of halogens is 1. The van der Waals surface area contributed by atoms with Crippen LogP contribution in [0.25, 0.3) is 22.4 Å². The first-order valence-electron chi connectivity index (χ1n) is 14.0. The molecule has 0 aliphatic carbocycles. The number of carbonyl (C=O) groups is 1. The largest absolute Gasteiger partial charge is 0.481 e. The molecule has 2 aromatic carbocycles. The second kappa shape index (κ2) is 13.0. The van der Waals surface area contributed by atoms with Crippen LogP contribution in [0.2, 0.25) is 5.02 Å². The molecule has 0 spiro atoms. The second-order valence-electron chi connectivity index (χ2n) is 10.5. The number of pyridine rings is 1. The number of ether oxygens (including phenoxy) is 2. The Balaban J connectivity index is 1.44. The van der Waals surface area contributed by atoms with Gasteiger partial charge in [0.05, 0.1) is 30.5 Å². The fraction of sp³-hybridized carbons (Fsp3) is 0.312. The van der Waals surface area contributed by atoms with Gasteiger partial charge in [-0.25, -0.2) is 9.67 Å². The van der Waals surface area contributed by atoms with Crippen molar-refractivity contribution in [2.75, 3.05) is 25.6 Å². The van der Waals surface area contributed by atoms with Crippen molar-refractivity contribution < 1.29 is 19.4 Å². The fourth-order valence-corrected chi connectivity index (χ4v) is 5.58. The maximum atomic E-state index is 12.9. The molecule has 3 heterocycles. The lowest BCUT2D eigenvalue weighted by molar-refractivity contribution is -0.0281. The van der Waals surface area contributed by atoms with E-state index in [1.165, 1.54) is 19.3 Å². The average molecular weight is 604 g/mol. The Morgan fingerprint density at radius 1 is 1.16 bits per heavy atom. The van der Waals surface area contributed by atoms with E-state index in [1.807, 2.05) is 50.2 Å². The highest BCUT2D eigenvalue weighted by atomic mass is 35.5. The third kappa shape index (κ3) is 6.33. The van der Waals surface area contributed by atoms with Gasteiger partial charge in [0, 0.05) is 54.8 Å². The molecular formula is C32H34ClN5O5. The van der Waals surface area contributed by atoms with Crippen LogP contribution in [0, 0.1) is 13.8 Å². The Bertz CT molecular complexity index is 1720. The molecule has 3 N–H and O–H groups in total. The van der Waals surface area contributed by atoms with Gasteiger partial charge in [-0.1, -0.05) is 41.9 Å². The zero-order valence-corrected chi connectivity index (χ0v) is 25.2. The highest BCUT2D eigenvalue weighted by Crippen LogP contribution is 2.39. The first kappa shape index (κ1) is 30.4. The van der Waals surface area contributed by atoms with Crippen LogP contribution in [0.5, 0.6) is 5.88 Å². The standard InChI is InChI=1S/C32H34ClN5O5/c1-18-15-27(37-31(42-4)24(18)16-34-26-12-14-43-17-28(26)39)22-9-5-8-21(29(22)33)20-7-6-10-25(19(20)2)36-30(40)23-11-13-35-38(3)32(23)41/h5-11,13,15,26,28,34,39H,12,14,16-17H2,1-4H3,(H,36,40)/t26?,28-/m0/s1. The van der Waals surface area contributed by atoms with E-state index in [2.05, 4.69) is 15.7 Å². The highest BCUT2D eigenvalue weighted by Gasteiger charge is 2.24. The third-order valence-electron chi connectivity index (χ3n) is 7.77. The van der Waals surface area contributed by atoms with Crippen molar-refractivity contribution in [3.63, 3.8) is 0 Å². The van der Waals surface area contributed by atoms with E-state index in [4.69, 9.17) is 26.1 Å². The molecule has 224 valence electrons. The number of methoxy groups -OCH3 is 1. The van der Waals surface area contributed by atoms with E-state index in [0.717, 1.165) is 44.5 Å². The van der Waals surface area contributed by atoms with E-state index >= 15 is 0 Å². The topological polar surface area (TPSA) is 128 Å². The molecule has 1 amide bonds. The number of aromatic nitrogens is 3. The van der Waals surface area contributed by atoms with Gasteiger partial charge >= 0.3 is 0 Å². The molecule has 2 atom stereocenters. The summed E-state index contributed by atoms with van der Waals surface area (Å²) in [5, 5.41) is 20.9. The van der Waals surface area contributed by atoms with Crippen LogP contribution in [0.3, 0.4) is 0 Å². The minimum atomic E-state index is -0.563. The van der Waals surface area contributed by atoms with Gasteiger partial charge in [-0.05, 0) is 55.2 Å². The molecule has 43 heavy (non-hydrogen) atoms. The lowest BCUT2D eigenvalue weighted by atomic mass is 9.96. The lowest BCUT2D eigenvalue weighted by Gasteiger charge is -2.29. The number of nitrogens with zero attached hydrogens (tertiary/aromatic N) is 3. The van der Waals surface area contributed by atoms with Gasteiger partial charge in [-0.2, -0.15) is 5.10 Å². The molecule has 10 nitrogen and oxygen atoms in total. The number of hydrogen-bond donors (Lipinski definition) is 3. The molecule has 1 unspecified atom stereocenters. The lowest BCUT2D eigenvalue weighted by Crippen LogP contribution is -2.46. The van der Waals surface area contributed by atoms with Gasteiger partial charge in [-0.15, -0.1) is 0 Å². The molecule has 0 radical (unpaired) electrons. The van der Waals surface area contributed by atoms with Crippen molar-refractivity contribution in [3.05, 3.63) is 92.4 Å². The van der Waals surface area contributed by atoms with Crippen molar-refractivity contribution in [3.8, 4) is 28.3 Å². The van der Waals surface area contributed by atoms with Gasteiger partial charge in [0.2, 0.25) is 5.88 Å². The summed E-state index contributed by atoms with van der Waals surface area (Å²) in [5.74, 6) is -0.0376. The van der Waals surface area contributed by atoms with Crippen molar-refractivity contribution in [1.82, 2.24) is 20.1 Å². The monoisotopic (exact) mass is 603 g/mol. The molecule has 2 aromatic heterocycles. The van der Waals surface area contributed by atoms with Crippen LogP contribution in [0.1, 0.15) is 33.5 Å². The first-order chi connectivity index (χ1) is 20.7. The van der Waals surface area contributed by atoms with Crippen LogP contribution in [0.15, 0.2) is 59.5 Å². The van der Waals surface area contributed by atoms with Crippen LogP contribution >= 0.6 is 11.6 Å². The number of anilines is 1. The summed E-state index contributed by atoms with van der Waals surface area (Å²) in [6, 6.07) is 14.6. The fourth-order valence-electron chi connectivity index (χ4n) is 5.26. The Labute approximate surface area is 254 Å². The Kier molecular flexibility index (Phi) is 9.22. The minimum absolute atomic E-state index is 0.000284. The molecule has 1 aliphatic rings. The highest BCUT2D eigenvalue weighted by molar-refractivity contribution is 6.36. The average Bonchev–Trinajstić information content (AvgIpc) is 2.99. The molecule has 0 bridgehead atoms. The van der Waals surface area contributed by atoms with Crippen LogP contribution in [0.4, 0.5) is 5.69 Å². The van der Waals surface area contributed by atoms with E-state index < -0.39 is 17.6 Å². The summed E-state index contributed by atoms with van der Waals surface area (Å²) in [4.78, 5) is 30.1. The van der Waals surface area contributed by atoms with Gasteiger partial charge in [0.15, 0.2) is 0 Å².